The number of aromatic nitrogens is 2. The summed E-state index contributed by atoms with van der Waals surface area (Å²) in [7, 11) is 5.06. The van der Waals surface area contributed by atoms with Crippen molar-refractivity contribution in [2.24, 2.45) is 5.92 Å². The zero-order chi connectivity index (χ0) is 14.4. The van der Waals surface area contributed by atoms with Crippen LogP contribution in [0.25, 0.3) is 0 Å². The first-order chi connectivity index (χ1) is 8.97. The molecule has 1 unspecified atom stereocenters. The molecule has 7 nitrogen and oxygen atoms in total. The van der Waals surface area contributed by atoms with Crippen LogP contribution in [0.1, 0.15) is 12.7 Å². The number of carbonyl (C=O) groups excluding carboxylic acids is 1. The Bertz CT molecular complexity index is 438. The van der Waals surface area contributed by atoms with Gasteiger partial charge >= 0.3 is 0 Å². The summed E-state index contributed by atoms with van der Waals surface area (Å²) < 4.78 is 4.99. The van der Waals surface area contributed by atoms with Crippen molar-refractivity contribution in [3.63, 3.8) is 0 Å². The van der Waals surface area contributed by atoms with Crippen molar-refractivity contribution in [2.75, 3.05) is 38.4 Å². The van der Waals surface area contributed by atoms with Gasteiger partial charge in [-0.1, -0.05) is 6.92 Å². The maximum Gasteiger partial charge on any atom is 0.224 e. The quantitative estimate of drug-likeness (QED) is 0.755. The molecular weight excluding hydrogens is 246 g/mol. The first-order valence-electron chi connectivity index (χ1n) is 6.03. The van der Waals surface area contributed by atoms with Gasteiger partial charge in [-0.15, -0.1) is 0 Å². The molecule has 0 bridgehead atoms. The van der Waals surface area contributed by atoms with Crippen LogP contribution in [-0.4, -0.2) is 43.6 Å². The normalized spacial score (nSPS) is 12.0. The van der Waals surface area contributed by atoms with Gasteiger partial charge in [-0.25, -0.2) is 9.97 Å². The zero-order valence-electron chi connectivity index (χ0n) is 11.8. The van der Waals surface area contributed by atoms with E-state index >= 15 is 0 Å². The Hall–Kier alpha value is -1.89. The van der Waals surface area contributed by atoms with Crippen LogP contribution >= 0.6 is 0 Å². The molecule has 0 radical (unpaired) electrons. The molecule has 0 saturated carbocycles. The number of hydrogen-bond donors (Lipinski definition) is 2. The fourth-order valence-corrected chi connectivity index (χ4v) is 1.73. The monoisotopic (exact) mass is 267 g/mol. The molecule has 0 saturated heterocycles. The molecule has 7 heteroatoms. The SMILES string of the molecule is CNC(=O)C(C)CN(C)c1cc(N)nc(COC)n1. The van der Waals surface area contributed by atoms with Crippen LogP contribution in [-0.2, 0) is 16.1 Å². The topological polar surface area (TPSA) is 93.4 Å². The number of methoxy groups -OCH3 is 1. The van der Waals surface area contributed by atoms with Crippen LogP contribution in [0.5, 0.6) is 0 Å². The molecule has 1 amide bonds. The molecule has 0 aliphatic carbocycles. The molecule has 1 aromatic rings. The predicted octanol–water partition coefficient (Wildman–Crippen LogP) is 0.0235. The zero-order valence-corrected chi connectivity index (χ0v) is 11.8. The molecule has 19 heavy (non-hydrogen) atoms. The lowest BCUT2D eigenvalue weighted by Crippen LogP contribution is -2.34. The number of nitrogens with one attached hydrogen (secondary N) is 1. The lowest BCUT2D eigenvalue weighted by molar-refractivity contribution is -0.123. The third-order valence-corrected chi connectivity index (χ3v) is 2.68. The number of rotatable bonds is 6. The molecule has 3 N–H and O–H groups in total. The second-order valence-corrected chi connectivity index (χ2v) is 4.40. The van der Waals surface area contributed by atoms with E-state index in [0.717, 1.165) is 0 Å². The van der Waals surface area contributed by atoms with Gasteiger partial charge < -0.3 is 20.7 Å². The van der Waals surface area contributed by atoms with Crippen LogP contribution in [0.2, 0.25) is 0 Å². The molecule has 1 heterocycles. The van der Waals surface area contributed by atoms with Crippen molar-refractivity contribution in [1.29, 1.82) is 0 Å². The number of hydrogen-bond acceptors (Lipinski definition) is 6. The summed E-state index contributed by atoms with van der Waals surface area (Å²) in [5, 5.41) is 2.62. The summed E-state index contributed by atoms with van der Waals surface area (Å²) in [6, 6.07) is 1.68. The number of carbonyl (C=O) groups is 1. The van der Waals surface area contributed by atoms with Gasteiger partial charge in [0.05, 0.1) is 5.92 Å². The summed E-state index contributed by atoms with van der Waals surface area (Å²) >= 11 is 0. The van der Waals surface area contributed by atoms with Crippen molar-refractivity contribution >= 4 is 17.5 Å². The van der Waals surface area contributed by atoms with Gasteiger partial charge in [0.25, 0.3) is 0 Å². The van der Waals surface area contributed by atoms with Gasteiger partial charge in [-0.3, -0.25) is 4.79 Å². The Balaban J connectivity index is 2.81. The van der Waals surface area contributed by atoms with Crippen LogP contribution < -0.4 is 16.0 Å². The van der Waals surface area contributed by atoms with Crippen LogP contribution in [0, 0.1) is 5.92 Å². The molecule has 0 aromatic carbocycles. The highest BCUT2D eigenvalue weighted by atomic mass is 16.5. The Morgan fingerprint density at radius 1 is 1.58 bits per heavy atom. The van der Waals surface area contributed by atoms with E-state index in [9.17, 15) is 4.79 Å². The highest BCUT2D eigenvalue weighted by molar-refractivity contribution is 5.78. The first-order valence-corrected chi connectivity index (χ1v) is 6.03. The van der Waals surface area contributed by atoms with Crippen molar-refractivity contribution in [1.82, 2.24) is 15.3 Å². The molecule has 1 rings (SSSR count). The van der Waals surface area contributed by atoms with Crippen molar-refractivity contribution in [2.45, 2.75) is 13.5 Å². The average molecular weight is 267 g/mol. The second kappa shape index (κ2) is 6.89. The van der Waals surface area contributed by atoms with E-state index in [0.29, 0.717) is 30.6 Å². The number of nitrogen functional groups attached to an aromatic ring is 1. The first kappa shape index (κ1) is 15.2. The summed E-state index contributed by atoms with van der Waals surface area (Å²) in [6.45, 7) is 2.70. The fraction of sp³-hybridized carbons (Fsp3) is 0.583. The highest BCUT2D eigenvalue weighted by Crippen LogP contribution is 2.14. The average Bonchev–Trinajstić information content (AvgIpc) is 2.37. The van der Waals surface area contributed by atoms with Crippen LogP contribution in [0.15, 0.2) is 6.07 Å². The Labute approximate surface area is 113 Å². The van der Waals surface area contributed by atoms with Crippen molar-refractivity contribution < 1.29 is 9.53 Å². The summed E-state index contributed by atoms with van der Waals surface area (Å²) in [5.41, 5.74) is 5.73. The minimum atomic E-state index is -0.142. The lowest BCUT2D eigenvalue weighted by atomic mass is 10.1. The molecule has 106 valence electrons. The third-order valence-electron chi connectivity index (χ3n) is 2.68. The molecular formula is C12H21N5O2. The molecule has 1 atom stereocenters. The molecule has 1 aromatic heterocycles. The maximum absolute atomic E-state index is 11.5. The highest BCUT2D eigenvalue weighted by Gasteiger charge is 2.15. The summed E-state index contributed by atoms with van der Waals surface area (Å²) in [5.74, 6) is 1.44. The van der Waals surface area contributed by atoms with Crippen LogP contribution in [0.3, 0.4) is 0 Å². The van der Waals surface area contributed by atoms with Crippen LogP contribution in [0.4, 0.5) is 11.6 Å². The van der Waals surface area contributed by atoms with E-state index in [1.165, 1.54) is 0 Å². The number of anilines is 2. The molecule has 0 spiro atoms. The summed E-state index contributed by atoms with van der Waals surface area (Å²) in [6.07, 6.45) is 0. The number of amides is 1. The Morgan fingerprint density at radius 2 is 2.26 bits per heavy atom. The molecule has 0 aliphatic heterocycles. The number of ether oxygens (including phenoxy) is 1. The smallest absolute Gasteiger partial charge is 0.224 e. The molecule has 0 fully saturated rings. The van der Waals surface area contributed by atoms with Gasteiger partial charge in [-0.05, 0) is 0 Å². The van der Waals surface area contributed by atoms with Gasteiger partial charge in [-0.2, -0.15) is 0 Å². The second-order valence-electron chi connectivity index (χ2n) is 4.40. The van der Waals surface area contributed by atoms with E-state index in [-0.39, 0.29) is 11.8 Å². The minimum Gasteiger partial charge on any atom is -0.384 e. The van der Waals surface area contributed by atoms with E-state index in [4.69, 9.17) is 10.5 Å². The Morgan fingerprint density at radius 3 is 2.84 bits per heavy atom. The standard InChI is InChI=1S/C12H21N5O2/c1-8(12(18)14-2)6-17(3)11-5-9(13)15-10(16-11)7-19-4/h5,8H,6-7H2,1-4H3,(H,14,18)(H2,13,15,16). The van der Waals surface area contributed by atoms with Crippen molar-refractivity contribution in [3.8, 4) is 0 Å². The minimum absolute atomic E-state index is 0.00834. The van der Waals surface area contributed by atoms with Gasteiger partial charge in [0.15, 0.2) is 5.82 Å². The predicted molar refractivity (Wildman–Crippen MR) is 73.7 cm³/mol. The summed E-state index contributed by atoms with van der Waals surface area (Å²) in [4.78, 5) is 21.8. The third kappa shape index (κ3) is 4.36. The lowest BCUT2D eigenvalue weighted by Gasteiger charge is -2.22. The van der Waals surface area contributed by atoms with E-state index < -0.39 is 0 Å². The van der Waals surface area contributed by atoms with E-state index in [1.807, 2.05) is 18.9 Å². The van der Waals surface area contributed by atoms with Crippen molar-refractivity contribution in [3.05, 3.63) is 11.9 Å². The van der Waals surface area contributed by atoms with E-state index in [1.54, 1.807) is 20.2 Å². The maximum atomic E-state index is 11.5. The van der Waals surface area contributed by atoms with Gasteiger partial charge in [0.2, 0.25) is 5.91 Å². The fourth-order valence-electron chi connectivity index (χ4n) is 1.73. The largest absolute Gasteiger partial charge is 0.384 e. The van der Waals surface area contributed by atoms with Gasteiger partial charge in [0, 0.05) is 33.8 Å². The number of nitrogens with zero attached hydrogens (tertiary/aromatic N) is 3. The van der Waals surface area contributed by atoms with E-state index in [2.05, 4.69) is 15.3 Å². The number of nitrogens with two attached hydrogens (primary N) is 1. The Kier molecular flexibility index (Phi) is 5.50. The molecule has 0 aliphatic rings. The van der Waals surface area contributed by atoms with Gasteiger partial charge in [0.1, 0.15) is 18.2 Å².